The van der Waals surface area contributed by atoms with Gasteiger partial charge < -0.3 is 14.6 Å². The third-order valence-corrected chi connectivity index (χ3v) is 7.71. The molecular weight excluding hydrogens is 516 g/mol. The molecule has 2 N–H and O–H groups in total. The first-order chi connectivity index (χ1) is 19.9. The van der Waals surface area contributed by atoms with Gasteiger partial charge in [0, 0.05) is 54.7 Å². The molecule has 5 aromatic rings. The van der Waals surface area contributed by atoms with Crippen molar-refractivity contribution in [2.45, 2.75) is 13.5 Å². The van der Waals surface area contributed by atoms with Crippen LogP contribution in [0.3, 0.4) is 0 Å². The Labute approximate surface area is 238 Å². The summed E-state index contributed by atoms with van der Waals surface area (Å²) in [5.74, 6) is -0.888. The van der Waals surface area contributed by atoms with E-state index >= 15 is 0 Å². The second-order valence-electron chi connectivity index (χ2n) is 10.6. The zero-order valence-corrected chi connectivity index (χ0v) is 23.1. The number of nitrogens with one attached hydrogen (secondary N) is 1. The van der Waals surface area contributed by atoms with Crippen LogP contribution in [0.1, 0.15) is 31.8 Å². The van der Waals surface area contributed by atoms with E-state index in [0.717, 1.165) is 49.1 Å². The molecule has 0 aliphatic carbocycles. The minimum absolute atomic E-state index is 0.291. The zero-order valence-electron chi connectivity index (χ0n) is 23.1. The molecule has 1 aliphatic rings. The van der Waals surface area contributed by atoms with Crippen molar-refractivity contribution in [1.29, 1.82) is 0 Å². The predicted molar refractivity (Wildman–Crippen MR) is 161 cm³/mol. The Balaban J connectivity index is 1.21. The molecule has 1 fully saturated rings. The first-order valence-corrected chi connectivity index (χ1v) is 13.7. The van der Waals surface area contributed by atoms with Crippen molar-refractivity contribution in [1.82, 2.24) is 9.80 Å². The van der Waals surface area contributed by atoms with E-state index in [9.17, 15) is 14.8 Å². The Kier molecular flexibility index (Phi) is 7.28. The lowest BCUT2D eigenvalue weighted by atomic mass is 10.1. The van der Waals surface area contributed by atoms with Gasteiger partial charge in [0.15, 0.2) is 0 Å². The largest absolute Gasteiger partial charge is 0.455 e. The van der Waals surface area contributed by atoms with Crippen molar-refractivity contribution in [3.05, 3.63) is 107 Å². The fourth-order valence-electron chi connectivity index (χ4n) is 5.34. The highest BCUT2D eigenvalue weighted by Crippen LogP contribution is 2.32. The molecule has 2 amide bonds. The maximum absolute atomic E-state index is 13.3. The number of hydrogen-bond acceptors (Lipinski definition) is 6. The lowest BCUT2D eigenvalue weighted by Gasteiger charge is -2.32. The molecule has 2 heterocycles. The van der Waals surface area contributed by atoms with Crippen molar-refractivity contribution >= 4 is 45.1 Å². The Morgan fingerprint density at radius 3 is 2.49 bits per heavy atom. The smallest absolute Gasteiger partial charge is 0.282 e. The number of hydrogen-bond donors (Lipinski definition) is 2. The van der Waals surface area contributed by atoms with Gasteiger partial charge >= 0.3 is 0 Å². The molecule has 8 nitrogen and oxygen atoms in total. The van der Waals surface area contributed by atoms with Gasteiger partial charge in [-0.05, 0) is 61.5 Å². The van der Waals surface area contributed by atoms with Crippen molar-refractivity contribution in [3.63, 3.8) is 0 Å². The topological polar surface area (TPSA) is 89.3 Å². The number of anilines is 2. The van der Waals surface area contributed by atoms with Gasteiger partial charge in [0.05, 0.1) is 11.3 Å². The quantitative estimate of drug-likeness (QED) is 0.202. The first kappa shape index (κ1) is 26.7. The van der Waals surface area contributed by atoms with Crippen molar-refractivity contribution in [2.75, 3.05) is 43.6 Å². The van der Waals surface area contributed by atoms with Crippen LogP contribution in [0.4, 0.5) is 11.4 Å². The summed E-state index contributed by atoms with van der Waals surface area (Å²) < 4.78 is 6.01. The van der Waals surface area contributed by atoms with Gasteiger partial charge in [-0.25, -0.2) is 0 Å². The number of fused-ring (bicyclic) bond motifs is 3. The molecule has 4 aromatic carbocycles. The number of carbonyl (C=O) groups is 2. The van der Waals surface area contributed by atoms with E-state index in [1.165, 1.54) is 0 Å². The lowest BCUT2D eigenvalue weighted by Crippen LogP contribution is -2.43. The Morgan fingerprint density at radius 1 is 0.902 bits per heavy atom. The van der Waals surface area contributed by atoms with Gasteiger partial charge in [-0.1, -0.05) is 48.5 Å². The molecule has 0 atom stereocenters. The van der Waals surface area contributed by atoms with Gasteiger partial charge in [0.25, 0.3) is 11.8 Å². The van der Waals surface area contributed by atoms with E-state index in [1.807, 2.05) is 54.6 Å². The number of aryl methyl sites for hydroxylation is 1. The molecule has 0 unspecified atom stereocenters. The summed E-state index contributed by atoms with van der Waals surface area (Å²) in [6, 6.07) is 25.6. The van der Waals surface area contributed by atoms with Crippen LogP contribution in [0, 0.1) is 6.92 Å². The molecule has 1 saturated heterocycles. The molecular formula is C33H32N4O4. The summed E-state index contributed by atoms with van der Waals surface area (Å²) >= 11 is 0. The zero-order chi connectivity index (χ0) is 28.5. The summed E-state index contributed by atoms with van der Waals surface area (Å²) in [4.78, 5) is 31.3. The maximum Gasteiger partial charge on any atom is 0.282 e. The number of amides is 2. The SMILES string of the molecule is Cc1ccc(NC(=O)c2cccc3c2oc2ccccc23)cc1N(O)C(=O)c1cccc(CN2CCN(C)CC2)c1. The summed E-state index contributed by atoms with van der Waals surface area (Å²) in [5.41, 5.74) is 4.45. The second kappa shape index (κ2) is 11.2. The van der Waals surface area contributed by atoms with Crippen LogP contribution in [0.5, 0.6) is 0 Å². The van der Waals surface area contributed by atoms with Gasteiger partial charge in [-0.15, -0.1) is 0 Å². The minimum Gasteiger partial charge on any atom is -0.455 e. The normalized spacial score (nSPS) is 14.4. The van der Waals surface area contributed by atoms with E-state index in [4.69, 9.17) is 4.42 Å². The highest BCUT2D eigenvalue weighted by molar-refractivity contribution is 6.16. The van der Waals surface area contributed by atoms with Crippen LogP contribution in [0.15, 0.2) is 89.3 Å². The molecule has 0 saturated carbocycles. The lowest BCUT2D eigenvalue weighted by molar-refractivity contribution is 0.0854. The Morgan fingerprint density at radius 2 is 1.66 bits per heavy atom. The maximum atomic E-state index is 13.3. The van der Waals surface area contributed by atoms with Crippen LogP contribution in [-0.2, 0) is 6.54 Å². The number of rotatable bonds is 6. The van der Waals surface area contributed by atoms with E-state index < -0.39 is 5.91 Å². The van der Waals surface area contributed by atoms with Crippen LogP contribution in [0.2, 0.25) is 0 Å². The highest BCUT2D eigenvalue weighted by Gasteiger charge is 2.21. The van der Waals surface area contributed by atoms with Gasteiger partial charge in [0.1, 0.15) is 11.2 Å². The average Bonchev–Trinajstić information content (AvgIpc) is 3.37. The standard InChI is InChI=1S/C33H32N4O4/c1-22-13-14-25(34-32(38)28-11-6-10-27-26-9-3-4-12-30(26)41-31(27)28)20-29(22)37(40)33(39)24-8-5-7-23(19-24)21-36-17-15-35(2)16-18-36/h3-14,19-20,40H,15-18,21H2,1-2H3,(H,34,38). The third-order valence-electron chi connectivity index (χ3n) is 7.71. The third kappa shape index (κ3) is 5.45. The number of para-hydroxylation sites is 2. The van der Waals surface area contributed by atoms with Gasteiger partial charge in [-0.2, -0.15) is 5.06 Å². The van der Waals surface area contributed by atoms with Crippen LogP contribution >= 0.6 is 0 Å². The number of carbonyl (C=O) groups excluding carboxylic acids is 2. The summed E-state index contributed by atoms with van der Waals surface area (Å²) in [5, 5.41) is 16.4. The van der Waals surface area contributed by atoms with Crippen molar-refractivity contribution in [2.24, 2.45) is 0 Å². The molecule has 8 heteroatoms. The molecule has 1 aromatic heterocycles. The molecule has 1 aliphatic heterocycles. The van der Waals surface area contributed by atoms with Gasteiger partial charge in [-0.3, -0.25) is 19.7 Å². The fraction of sp³-hybridized carbons (Fsp3) is 0.212. The summed E-state index contributed by atoms with van der Waals surface area (Å²) in [6.45, 7) is 6.53. The van der Waals surface area contributed by atoms with Crippen LogP contribution < -0.4 is 10.4 Å². The van der Waals surface area contributed by atoms with E-state index in [0.29, 0.717) is 44.3 Å². The molecule has 0 radical (unpaired) electrons. The minimum atomic E-state index is -0.538. The van der Waals surface area contributed by atoms with E-state index in [1.54, 1.807) is 37.3 Å². The van der Waals surface area contributed by atoms with E-state index in [2.05, 4.69) is 22.2 Å². The van der Waals surface area contributed by atoms with E-state index in [-0.39, 0.29) is 5.91 Å². The summed E-state index contributed by atoms with van der Waals surface area (Å²) in [7, 11) is 2.12. The second-order valence-corrected chi connectivity index (χ2v) is 10.6. The first-order valence-electron chi connectivity index (χ1n) is 13.7. The number of benzene rings is 4. The van der Waals surface area contributed by atoms with Crippen molar-refractivity contribution < 1.29 is 19.2 Å². The molecule has 41 heavy (non-hydrogen) atoms. The number of nitrogens with zero attached hydrogens (tertiary/aromatic N) is 3. The molecule has 6 rings (SSSR count). The Bertz CT molecular complexity index is 1750. The Hall–Kier alpha value is -4.50. The van der Waals surface area contributed by atoms with Crippen molar-refractivity contribution in [3.8, 4) is 0 Å². The average molecular weight is 549 g/mol. The summed E-state index contributed by atoms with van der Waals surface area (Å²) in [6.07, 6.45) is 0. The van der Waals surface area contributed by atoms with Crippen LogP contribution in [0.25, 0.3) is 21.9 Å². The number of furan rings is 1. The van der Waals surface area contributed by atoms with Crippen LogP contribution in [-0.4, -0.2) is 60.0 Å². The number of likely N-dealkylation sites (N-methyl/N-ethyl adjacent to an activating group) is 1. The predicted octanol–water partition coefficient (Wildman–Crippen LogP) is 5.93. The van der Waals surface area contributed by atoms with Gasteiger partial charge in [0.2, 0.25) is 0 Å². The molecule has 208 valence electrons. The monoisotopic (exact) mass is 548 g/mol. The fourth-order valence-corrected chi connectivity index (χ4v) is 5.34. The molecule has 0 bridgehead atoms. The number of piperazine rings is 1. The molecule has 0 spiro atoms. The highest BCUT2D eigenvalue weighted by atomic mass is 16.5. The number of hydroxylamine groups is 1.